The number of rotatable bonds is 5. The number of hydrogen-bond acceptors (Lipinski definition) is 5. The molecule has 0 bridgehead atoms. The summed E-state index contributed by atoms with van der Waals surface area (Å²) in [5.74, 6) is 0.788. The summed E-state index contributed by atoms with van der Waals surface area (Å²) in [6.45, 7) is 7.68. The Balaban J connectivity index is 1.47. The Morgan fingerprint density at radius 3 is 2.65 bits per heavy atom. The van der Waals surface area contributed by atoms with E-state index >= 15 is 0 Å². The molecule has 0 saturated heterocycles. The molecule has 1 N–H and O–H groups in total. The number of oxazole rings is 1. The average Bonchev–Trinajstić information content (AvgIpc) is 3.27. The number of fused-ring (bicyclic) bond motifs is 1. The molecule has 26 heavy (non-hydrogen) atoms. The first-order valence-corrected chi connectivity index (χ1v) is 8.62. The summed E-state index contributed by atoms with van der Waals surface area (Å²) >= 11 is 0. The molecule has 4 rings (SSSR count). The molecule has 6 nitrogen and oxygen atoms in total. The second kappa shape index (κ2) is 6.72. The van der Waals surface area contributed by atoms with Gasteiger partial charge in [0.1, 0.15) is 0 Å². The van der Waals surface area contributed by atoms with E-state index in [-0.39, 0.29) is 0 Å². The zero-order chi connectivity index (χ0) is 18.1. The van der Waals surface area contributed by atoms with E-state index in [4.69, 9.17) is 4.42 Å². The van der Waals surface area contributed by atoms with Crippen LogP contribution in [-0.2, 0) is 13.1 Å². The second-order valence-corrected chi connectivity index (χ2v) is 6.55. The minimum atomic E-state index is 0.725. The highest BCUT2D eigenvalue weighted by atomic mass is 16.3. The van der Waals surface area contributed by atoms with Gasteiger partial charge in [0.05, 0.1) is 12.4 Å². The third-order valence-corrected chi connectivity index (χ3v) is 4.54. The van der Waals surface area contributed by atoms with Crippen molar-refractivity contribution in [3.8, 4) is 11.3 Å². The smallest absolute Gasteiger partial charge is 0.181 e. The topological polar surface area (TPSA) is 68.2 Å². The molecule has 0 aliphatic rings. The summed E-state index contributed by atoms with van der Waals surface area (Å²) in [4.78, 5) is 8.60. The van der Waals surface area contributed by atoms with E-state index in [2.05, 4.69) is 45.5 Å². The van der Waals surface area contributed by atoms with Crippen molar-refractivity contribution in [2.75, 3.05) is 0 Å². The molecule has 0 spiro atoms. The van der Waals surface area contributed by atoms with E-state index in [9.17, 15) is 0 Å². The molecule has 3 heterocycles. The normalized spacial score (nSPS) is 11.3. The standard InChI is InChI=1S/C20H21N5O/c1-13-6-16(19-11-22-12-26-19)4-5-17(13)8-21-9-18-10-23-25-15(3)7-14(2)24-20(18)25/h4-7,10-12,21H,8-9H2,1-3H3. The molecular weight excluding hydrogens is 326 g/mol. The lowest BCUT2D eigenvalue weighted by Gasteiger charge is -2.09. The Bertz CT molecular complexity index is 1050. The number of benzene rings is 1. The molecule has 0 atom stereocenters. The van der Waals surface area contributed by atoms with E-state index in [0.717, 1.165) is 47.0 Å². The molecule has 0 amide bonds. The fourth-order valence-electron chi connectivity index (χ4n) is 3.18. The first kappa shape index (κ1) is 16.5. The Morgan fingerprint density at radius 1 is 1.04 bits per heavy atom. The van der Waals surface area contributed by atoms with Crippen molar-refractivity contribution < 1.29 is 4.42 Å². The SMILES string of the molecule is Cc1cc(C)n2ncc(CNCc3ccc(-c4cnco4)cc3C)c2n1. The predicted molar refractivity (Wildman–Crippen MR) is 99.7 cm³/mol. The second-order valence-electron chi connectivity index (χ2n) is 6.55. The lowest BCUT2D eigenvalue weighted by atomic mass is 10.0. The predicted octanol–water partition coefficient (Wildman–Crippen LogP) is 3.60. The number of nitrogens with one attached hydrogen (secondary N) is 1. The van der Waals surface area contributed by atoms with Crippen LogP contribution in [0, 0.1) is 20.8 Å². The molecule has 0 radical (unpaired) electrons. The Morgan fingerprint density at radius 2 is 1.88 bits per heavy atom. The van der Waals surface area contributed by atoms with Gasteiger partial charge in [-0.2, -0.15) is 5.10 Å². The molecule has 132 valence electrons. The zero-order valence-electron chi connectivity index (χ0n) is 15.2. The highest BCUT2D eigenvalue weighted by molar-refractivity contribution is 5.58. The van der Waals surface area contributed by atoms with Gasteiger partial charge in [-0.15, -0.1) is 0 Å². The summed E-state index contributed by atoms with van der Waals surface area (Å²) in [6, 6.07) is 8.36. The van der Waals surface area contributed by atoms with Gasteiger partial charge in [0.15, 0.2) is 17.8 Å². The van der Waals surface area contributed by atoms with Crippen LogP contribution in [0.2, 0.25) is 0 Å². The van der Waals surface area contributed by atoms with Crippen LogP contribution in [0.15, 0.2) is 47.5 Å². The van der Waals surface area contributed by atoms with Crippen molar-refractivity contribution in [2.45, 2.75) is 33.9 Å². The lowest BCUT2D eigenvalue weighted by molar-refractivity contribution is 0.572. The van der Waals surface area contributed by atoms with Crippen molar-refractivity contribution in [1.82, 2.24) is 24.9 Å². The Kier molecular flexibility index (Phi) is 4.26. The lowest BCUT2D eigenvalue weighted by Crippen LogP contribution is -2.13. The summed E-state index contributed by atoms with van der Waals surface area (Å²) < 4.78 is 7.25. The first-order chi connectivity index (χ1) is 12.6. The number of nitrogens with zero attached hydrogens (tertiary/aromatic N) is 4. The molecular formula is C20H21N5O. The van der Waals surface area contributed by atoms with Crippen LogP contribution >= 0.6 is 0 Å². The molecule has 6 heteroatoms. The van der Waals surface area contributed by atoms with Crippen LogP contribution in [0.3, 0.4) is 0 Å². The van der Waals surface area contributed by atoms with Crippen molar-refractivity contribution >= 4 is 5.65 Å². The maximum Gasteiger partial charge on any atom is 0.181 e. The maximum atomic E-state index is 5.36. The Labute approximate surface area is 151 Å². The van der Waals surface area contributed by atoms with Gasteiger partial charge >= 0.3 is 0 Å². The van der Waals surface area contributed by atoms with Gasteiger partial charge < -0.3 is 9.73 Å². The van der Waals surface area contributed by atoms with Crippen molar-refractivity contribution in [3.05, 3.63) is 71.1 Å². The van der Waals surface area contributed by atoms with Crippen molar-refractivity contribution in [3.63, 3.8) is 0 Å². The van der Waals surface area contributed by atoms with E-state index in [0.29, 0.717) is 0 Å². The number of hydrogen-bond donors (Lipinski definition) is 1. The molecule has 1 aromatic carbocycles. The van der Waals surface area contributed by atoms with Gasteiger partial charge in [0.2, 0.25) is 0 Å². The van der Waals surface area contributed by atoms with Gasteiger partial charge in [0.25, 0.3) is 0 Å². The highest BCUT2D eigenvalue weighted by Crippen LogP contribution is 2.22. The van der Waals surface area contributed by atoms with Crippen LogP contribution < -0.4 is 5.32 Å². The maximum absolute atomic E-state index is 5.36. The quantitative estimate of drug-likeness (QED) is 0.597. The molecule has 3 aromatic heterocycles. The molecule has 0 fully saturated rings. The van der Waals surface area contributed by atoms with Crippen LogP contribution in [0.1, 0.15) is 28.1 Å². The van der Waals surface area contributed by atoms with Crippen LogP contribution in [0.4, 0.5) is 0 Å². The summed E-state index contributed by atoms with van der Waals surface area (Å²) in [7, 11) is 0. The number of aromatic nitrogens is 4. The highest BCUT2D eigenvalue weighted by Gasteiger charge is 2.09. The zero-order valence-corrected chi connectivity index (χ0v) is 15.2. The first-order valence-electron chi connectivity index (χ1n) is 8.62. The minimum Gasteiger partial charge on any atom is -0.444 e. The van der Waals surface area contributed by atoms with Gasteiger partial charge in [-0.05, 0) is 44.0 Å². The molecule has 0 aliphatic heterocycles. The Hall–Kier alpha value is -2.99. The average molecular weight is 347 g/mol. The van der Waals surface area contributed by atoms with Crippen LogP contribution in [0.25, 0.3) is 17.0 Å². The van der Waals surface area contributed by atoms with Gasteiger partial charge in [-0.3, -0.25) is 0 Å². The number of aryl methyl sites for hydroxylation is 3. The fourth-order valence-corrected chi connectivity index (χ4v) is 3.18. The van der Waals surface area contributed by atoms with Gasteiger partial charge in [0, 0.05) is 35.6 Å². The van der Waals surface area contributed by atoms with E-state index < -0.39 is 0 Å². The third kappa shape index (κ3) is 3.11. The summed E-state index contributed by atoms with van der Waals surface area (Å²) in [5, 5.41) is 7.94. The summed E-state index contributed by atoms with van der Waals surface area (Å²) in [5.41, 5.74) is 7.65. The molecule has 0 saturated carbocycles. The summed E-state index contributed by atoms with van der Waals surface area (Å²) in [6.07, 6.45) is 5.07. The van der Waals surface area contributed by atoms with Crippen LogP contribution in [-0.4, -0.2) is 19.6 Å². The monoisotopic (exact) mass is 347 g/mol. The van der Waals surface area contributed by atoms with E-state index in [1.54, 1.807) is 6.20 Å². The van der Waals surface area contributed by atoms with Gasteiger partial charge in [-0.1, -0.05) is 12.1 Å². The fraction of sp³-hybridized carbons (Fsp3) is 0.250. The molecule has 0 aliphatic carbocycles. The van der Waals surface area contributed by atoms with E-state index in [1.807, 2.05) is 30.6 Å². The van der Waals surface area contributed by atoms with Gasteiger partial charge in [-0.25, -0.2) is 14.5 Å². The van der Waals surface area contributed by atoms with E-state index in [1.165, 1.54) is 17.5 Å². The molecule has 0 unspecified atom stereocenters. The van der Waals surface area contributed by atoms with Crippen molar-refractivity contribution in [1.29, 1.82) is 0 Å². The largest absolute Gasteiger partial charge is 0.444 e. The molecule has 4 aromatic rings. The third-order valence-electron chi connectivity index (χ3n) is 4.54. The minimum absolute atomic E-state index is 0.725. The van der Waals surface area contributed by atoms with Crippen LogP contribution in [0.5, 0.6) is 0 Å². The van der Waals surface area contributed by atoms with Crippen molar-refractivity contribution in [2.24, 2.45) is 0 Å².